The maximum Gasteiger partial charge on any atom is 0.253 e. The minimum atomic E-state index is 0.141. The van der Waals surface area contributed by atoms with Gasteiger partial charge in [0.15, 0.2) is 0 Å². The maximum absolute atomic E-state index is 12.7. The predicted octanol–water partition coefficient (Wildman–Crippen LogP) is 2.16. The Kier molecular flexibility index (Phi) is 4.44. The van der Waals surface area contributed by atoms with Crippen LogP contribution in [-0.2, 0) is 0 Å². The van der Waals surface area contributed by atoms with Gasteiger partial charge in [0.2, 0.25) is 0 Å². The van der Waals surface area contributed by atoms with Gasteiger partial charge >= 0.3 is 0 Å². The van der Waals surface area contributed by atoms with E-state index in [2.05, 4.69) is 12.2 Å². The minimum absolute atomic E-state index is 0.141. The molecule has 1 aromatic carbocycles. The lowest BCUT2D eigenvalue weighted by Gasteiger charge is -2.34. The number of piperidine rings is 1. The Bertz CT molecular complexity index is 503. The lowest BCUT2D eigenvalue weighted by molar-refractivity contribution is 0.0642. The van der Waals surface area contributed by atoms with Gasteiger partial charge in [-0.25, -0.2) is 0 Å². The molecule has 0 aromatic heterocycles. The molecule has 4 heteroatoms. The third-order valence-electron chi connectivity index (χ3n) is 4.55. The van der Waals surface area contributed by atoms with Crippen molar-refractivity contribution >= 4 is 5.91 Å². The molecular formula is C17H24N2O2. The fraction of sp³-hybridized carbons (Fsp3) is 0.588. The Balaban J connectivity index is 1.67. The summed E-state index contributed by atoms with van der Waals surface area (Å²) in [6.07, 6.45) is 2.09. The molecule has 2 heterocycles. The molecule has 3 rings (SSSR count). The van der Waals surface area contributed by atoms with Crippen LogP contribution < -0.4 is 10.1 Å². The van der Waals surface area contributed by atoms with Crippen LogP contribution in [0.3, 0.4) is 0 Å². The van der Waals surface area contributed by atoms with E-state index in [1.54, 1.807) is 0 Å². The van der Waals surface area contributed by atoms with Gasteiger partial charge < -0.3 is 15.0 Å². The molecule has 21 heavy (non-hydrogen) atoms. The lowest BCUT2D eigenvalue weighted by Crippen LogP contribution is -2.43. The number of hydrogen-bond acceptors (Lipinski definition) is 3. The largest absolute Gasteiger partial charge is 0.494 e. The zero-order valence-corrected chi connectivity index (χ0v) is 12.7. The second kappa shape index (κ2) is 6.48. The van der Waals surface area contributed by atoms with Crippen molar-refractivity contribution in [1.29, 1.82) is 0 Å². The van der Waals surface area contributed by atoms with Gasteiger partial charge in [0, 0.05) is 18.7 Å². The van der Waals surface area contributed by atoms with Crippen LogP contribution in [0.5, 0.6) is 5.75 Å². The number of benzene rings is 1. The molecule has 1 N–H and O–H groups in total. The third-order valence-corrected chi connectivity index (χ3v) is 4.55. The number of carbonyl (C=O) groups is 1. The summed E-state index contributed by atoms with van der Waals surface area (Å²) in [5.74, 6) is 2.32. The van der Waals surface area contributed by atoms with Crippen LogP contribution in [0.2, 0.25) is 0 Å². The normalized spacial score (nSPS) is 24.7. The molecule has 0 radical (unpaired) electrons. The molecule has 1 aromatic rings. The van der Waals surface area contributed by atoms with E-state index in [0.717, 1.165) is 56.3 Å². The molecule has 1 amide bonds. The highest BCUT2D eigenvalue weighted by Gasteiger charge is 2.34. The number of ether oxygens (including phenoxy) is 1. The molecule has 2 aliphatic heterocycles. The van der Waals surface area contributed by atoms with Gasteiger partial charge in [-0.05, 0) is 56.0 Å². The van der Waals surface area contributed by atoms with Crippen LogP contribution in [0.25, 0.3) is 0 Å². The Morgan fingerprint density at radius 2 is 2.24 bits per heavy atom. The van der Waals surface area contributed by atoms with Crippen molar-refractivity contribution < 1.29 is 9.53 Å². The Labute approximate surface area is 126 Å². The second-order valence-corrected chi connectivity index (χ2v) is 6.09. The first-order valence-corrected chi connectivity index (χ1v) is 8.00. The smallest absolute Gasteiger partial charge is 0.253 e. The second-order valence-electron chi connectivity index (χ2n) is 6.09. The standard InChI is InChI=1S/C17H24N2O2/c1-2-8-21-16-5-3-4-13(9-16)17(20)19-7-6-14-10-18-11-15(14)12-19/h3-5,9,14-15,18H,2,6-8,10-12H2,1H3. The molecule has 2 atom stereocenters. The first kappa shape index (κ1) is 14.4. The fourth-order valence-electron chi connectivity index (χ4n) is 3.34. The van der Waals surface area contributed by atoms with Gasteiger partial charge in [-0.3, -0.25) is 4.79 Å². The Morgan fingerprint density at radius 1 is 1.38 bits per heavy atom. The highest BCUT2D eigenvalue weighted by molar-refractivity contribution is 5.94. The summed E-state index contributed by atoms with van der Waals surface area (Å²) < 4.78 is 5.62. The average molecular weight is 288 g/mol. The van der Waals surface area contributed by atoms with Crippen molar-refractivity contribution in [3.8, 4) is 5.75 Å². The van der Waals surface area contributed by atoms with Crippen molar-refractivity contribution in [2.24, 2.45) is 11.8 Å². The molecular weight excluding hydrogens is 264 g/mol. The quantitative estimate of drug-likeness (QED) is 0.923. The summed E-state index contributed by atoms with van der Waals surface area (Å²) in [7, 11) is 0. The predicted molar refractivity (Wildman–Crippen MR) is 82.6 cm³/mol. The minimum Gasteiger partial charge on any atom is -0.494 e. The summed E-state index contributed by atoms with van der Waals surface area (Å²) in [6.45, 7) is 6.70. The van der Waals surface area contributed by atoms with E-state index >= 15 is 0 Å². The molecule has 0 bridgehead atoms. The van der Waals surface area contributed by atoms with Crippen LogP contribution in [0.15, 0.2) is 24.3 Å². The van der Waals surface area contributed by atoms with Crippen LogP contribution in [-0.4, -0.2) is 43.6 Å². The van der Waals surface area contributed by atoms with Gasteiger partial charge in [-0.15, -0.1) is 0 Å². The van der Waals surface area contributed by atoms with Crippen LogP contribution >= 0.6 is 0 Å². The zero-order chi connectivity index (χ0) is 14.7. The van der Waals surface area contributed by atoms with Crippen molar-refractivity contribution in [1.82, 2.24) is 10.2 Å². The van der Waals surface area contributed by atoms with Gasteiger partial charge in [-0.2, -0.15) is 0 Å². The number of amides is 1. The van der Waals surface area contributed by atoms with E-state index in [4.69, 9.17) is 4.74 Å². The first-order chi connectivity index (χ1) is 10.3. The molecule has 114 valence electrons. The van der Waals surface area contributed by atoms with E-state index in [0.29, 0.717) is 12.5 Å². The van der Waals surface area contributed by atoms with Crippen LogP contribution in [0, 0.1) is 11.8 Å². The molecule has 4 nitrogen and oxygen atoms in total. The van der Waals surface area contributed by atoms with Crippen LogP contribution in [0.1, 0.15) is 30.1 Å². The van der Waals surface area contributed by atoms with Crippen molar-refractivity contribution in [2.75, 3.05) is 32.8 Å². The number of nitrogens with zero attached hydrogens (tertiary/aromatic N) is 1. The average Bonchev–Trinajstić information content (AvgIpc) is 3.00. The molecule has 2 saturated heterocycles. The Hall–Kier alpha value is -1.55. The van der Waals surface area contributed by atoms with Crippen molar-refractivity contribution in [2.45, 2.75) is 19.8 Å². The van der Waals surface area contributed by atoms with E-state index in [9.17, 15) is 4.79 Å². The van der Waals surface area contributed by atoms with Crippen LogP contribution in [0.4, 0.5) is 0 Å². The lowest BCUT2D eigenvalue weighted by atomic mass is 9.88. The Morgan fingerprint density at radius 3 is 3.10 bits per heavy atom. The van der Waals surface area contributed by atoms with Gasteiger partial charge in [0.25, 0.3) is 5.91 Å². The number of nitrogens with one attached hydrogen (secondary N) is 1. The van der Waals surface area contributed by atoms with E-state index in [1.807, 2.05) is 29.2 Å². The summed E-state index contributed by atoms with van der Waals surface area (Å²) in [5, 5.41) is 3.44. The molecule has 2 aliphatic rings. The number of hydrogen-bond donors (Lipinski definition) is 1. The molecule has 0 saturated carbocycles. The maximum atomic E-state index is 12.7. The van der Waals surface area contributed by atoms with E-state index in [1.165, 1.54) is 0 Å². The summed E-state index contributed by atoms with van der Waals surface area (Å²) in [6, 6.07) is 7.58. The molecule has 2 fully saturated rings. The number of carbonyl (C=O) groups excluding carboxylic acids is 1. The molecule has 2 unspecified atom stereocenters. The van der Waals surface area contributed by atoms with Crippen molar-refractivity contribution in [3.05, 3.63) is 29.8 Å². The summed E-state index contributed by atoms with van der Waals surface area (Å²) in [5.41, 5.74) is 0.744. The van der Waals surface area contributed by atoms with Gasteiger partial charge in [0.05, 0.1) is 6.61 Å². The SMILES string of the molecule is CCCOc1cccc(C(=O)N2CCC3CNCC3C2)c1. The number of rotatable bonds is 4. The fourth-order valence-corrected chi connectivity index (χ4v) is 3.34. The third kappa shape index (κ3) is 3.21. The topological polar surface area (TPSA) is 41.6 Å². The molecule has 0 spiro atoms. The van der Waals surface area contributed by atoms with Gasteiger partial charge in [0.1, 0.15) is 5.75 Å². The van der Waals surface area contributed by atoms with Gasteiger partial charge in [-0.1, -0.05) is 13.0 Å². The first-order valence-electron chi connectivity index (χ1n) is 8.00. The number of likely N-dealkylation sites (tertiary alicyclic amines) is 1. The number of fused-ring (bicyclic) bond motifs is 1. The highest BCUT2D eigenvalue weighted by atomic mass is 16.5. The van der Waals surface area contributed by atoms with E-state index in [-0.39, 0.29) is 5.91 Å². The zero-order valence-electron chi connectivity index (χ0n) is 12.7. The molecule has 0 aliphatic carbocycles. The van der Waals surface area contributed by atoms with E-state index < -0.39 is 0 Å². The monoisotopic (exact) mass is 288 g/mol. The summed E-state index contributed by atoms with van der Waals surface area (Å²) in [4.78, 5) is 14.7. The highest BCUT2D eigenvalue weighted by Crippen LogP contribution is 2.27. The summed E-state index contributed by atoms with van der Waals surface area (Å²) >= 11 is 0. The van der Waals surface area contributed by atoms with Crippen molar-refractivity contribution in [3.63, 3.8) is 0 Å².